The second-order valence-electron chi connectivity index (χ2n) is 2.40. The van der Waals surface area contributed by atoms with E-state index >= 15 is 0 Å². The molecule has 16 heavy (non-hydrogen) atoms. The molecule has 0 aromatic carbocycles. The first kappa shape index (κ1) is 11.3. The predicted molar refractivity (Wildman–Crippen MR) is 52.5 cm³/mol. The normalized spacial score (nSPS) is 9.00. The molecule has 0 radical (unpaired) electrons. The Kier molecular flexibility index (Phi) is 3.66. The van der Waals surface area contributed by atoms with Gasteiger partial charge in [-0.15, -0.1) is 0 Å². The molecule has 2 aromatic heterocycles. The Morgan fingerprint density at radius 3 is 2.12 bits per heavy atom. The van der Waals surface area contributed by atoms with Crippen molar-refractivity contribution in [2.75, 3.05) is 5.73 Å². The average molecular weight is 225 g/mol. The van der Waals surface area contributed by atoms with Crippen LogP contribution in [0.15, 0.2) is 26.8 Å². The molecule has 5 N–H and O–H groups in total. The number of aromatic amines is 3. The van der Waals surface area contributed by atoms with E-state index in [0.717, 1.165) is 6.20 Å². The van der Waals surface area contributed by atoms with Crippen molar-refractivity contribution in [3.05, 3.63) is 43.7 Å². The molecule has 0 fully saturated rings. The standard InChI is InChI=1S/C3H4N4O.C3H3N3O2/c4-2-1-5-7-3(8)6-2;7-2-1-4-6-3(8)5-2/h1H,(H3,4,6,7,8);1H,(H2,5,6,7,8). The maximum Gasteiger partial charge on any atom is 0.363 e. The first-order valence-corrected chi connectivity index (χ1v) is 3.89. The van der Waals surface area contributed by atoms with Crippen LogP contribution in [-0.4, -0.2) is 30.4 Å². The summed E-state index contributed by atoms with van der Waals surface area (Å²) >= 11 is 0. The number of rotatable bonds is 0. The zero-order valence-electron chi connectivity index (χ0n) is 7.80. The van der Waals surface area contributed by atoms with Gasteiger partial charge < -0.3 is 5.73 Å². The van der Waals surface area contributed by atoms with Gasteiger partial charge in [0.05, 0.1) is 6.20 Å². The second kappa shape index (κ2) is 5.19. The lowest BCUT2D eigenvalue weighted by atomic mass is 10.8. The molecule has 0 atom stereocenters. The molecule has 0 aliphatic heterocycles. The van der Waals surface area contributed by atoms with E-state index in [9.17, 15) is 14.4 Å². The Morgan fingerprint density at radius 1 is 1.06 bits per heavy atom. The molecule has 10 nitrogen and oxygen atoms in total. The smallest absolute Gasteiger partial charge is 0.363 e. The van der Waals surface area contributed by atoms with Gasteiger partial charge in [-0.1, -0.05) is 0 Å². The lowest BCUT2D eigenvalue weighted by Crippen LogP contribution is -2.21. The average Bonchev–Trinajstić information content (AvgIpc) is 2.17. The molecular formula is C6H7N7O3. The minimum absolute atomic E-state index is 0.133. The second-order valence-corrected chi connectivity index (χ2v) is 2.40. The summed E-state index contributed by atoms with van der Waals surface area (Å²) in [7, 11) is 0. The van der Waals surface area contributed by atoms with E-state index < -0.39 is 16.9 Å². The van der Waals surface area contributed by atoms with Crippen LogP contribution in [0.25, 0.3) is 0 Å². The number of nitrogens with two attached hydrogens (primary N) is 1. The SMILES string of the molecule is Nc1cn[nH]c(=O)n1.O=c1cn[nH]c(=O)[nH]1. The van der Waals surface area contributed by atoms with Crippen molar-refractivity contribution in [3.63, 3.8) is 0 Å². The summed E-state index contributed by atoms with van der Waals surface area (Å²) in [6, 6.07) is 0. The molecule has 0 unspecified atom stereocenters. The highest BCUT2D eigenvalue weighted by atomic mass is 16.2. The van der Waals surface area contributed by atoms with Gasteiger partial charge in [-0.25, -0.2) is 19.8 Å². The molecule has 0 bridgehead atoms. The van der Waals surface area contributed by atoms with Crippen molar-refractivity contribution >= 4 is 5.82 Å². The predicted octanol–water partition coefficient (Wildman–Crippen LogP) is -2.79. The van der Waals surface area contributed by atoms with Crippen LogP contribution in [0.4, 0.5) is 5.82 Å². The van der Waals surface area contributed by atoms with Crippen molar-refractivity contribution < 1.29 is 0 Å². The Balaban J connectivity index is 0.000000160. The summed E-state index contributed by atoms with van der Waals surface area (Å²) in [6.45, 7) is 0. The van der Waals surface area contributed by atoms with Crippen molar-refractivity contribution in [1.82, 2.24) is 30.4 Å². The van der Waals surface area contributed by atoms with Gasteiger partial charge >= 0.3 is 11.4 Å². The fourth-order valence-corrected chi connectivity index (χ4v) is 0.646. The Labute approximate surface area is 86.6 Å². The molecular weight excluding hydrogens is 218 g/mol. The molecule has 0 amide bonds. The highest BCUT2D eigenvalue weighted by Crippen LogP contribution is 1.78. The van der Waals surface area contributed by atoms with E-state index in [1.54, 1.807) is 0 Å². The molecule has 0 aliphatic rings. The van der Waals surface area contributed by atoms with Crippen LogP contribution in [0.2, 0.25) is 0 Å². The van der Waals surface area contributed by atoms with E-state index in [1.165, 1.54) is 6.20 Å². The molecule has 2 aromatic rings. The number of hydrogen-bond acceptors (Lipinski definition) is 7. The molecule has 2 heterocycles. The van der Waals surface area contributed by atoms with Crippen LogP contribution in [0.5, 0.6) is 0 Å². The quantitative estimate of drug-likeness (QED) is 0.376. The van der Waals surface area contributed by atoms with Crippen LogP contribution in [0, 0.1) is 0 Å². The van der Waals surface area contributed by atoms with E-state index in [0.29, 0.717) is 0 Å². The molecule has 84 valence electrons. The molecule has 10 heteroatoms. The number of nitrogen functional groups attached to an aromatic ring is 1. The van der Waals surface area contributed by atoms with E-state index in [4.69, 9.17) is 5.73 Å². The van der Waals surface area contributed by atoms with Crippen LogP contribution in [-0.2, 0) is 0 Å². The van der Waals surface area contributed by atoms with Gasteiger partial charge in [0.1, 0.15) is 12.0 Å². The van der Waals surface area contributed by atoms with E-state index in [2.05, 4.69) is 20.3 Å². The van der Waals surface area contributed by atoms with Crippen molar-refractivity contribution in [3.8, 4) is 0 Å². The number of nitrogens with zero attached hydrogens (tertiary/aromatic N) is 3. The lowest BCUT2D eigenvalue weighted by molar-refractivity contribution is 0.890. The van der Waals surface area contributed by atoms with Crippen molar-refractivity contribution in [2.24, 2.45) is 0 Å². The van der Waals surface area contributed by atoms with Crippen LogP contribution in [0.3, 0.4) is 0 Å². The number of hydrogen-bond donors (Lipinski definition) is 4. The largest absolute Gasteiger partial charge is 0.382 e. The third-order valence-electron chi connectivity index (χ3n) is 1.17. The summed E-state index contributed by atoms with van der Waals surface area (Å²) in [5.74, 6) is 0.133. The number of aromatic nitrogens is 6. The van der Waals surface area contributed by atoms with Gasteiger partial charge in [0, 0.05) is 0 Å². The first-order valence-electron chi connectivity index (χ1n) is 3.89. The zero-order valence-corrected chi connectivity index (χ0v) is 7.80. The van der Waals surface area contributed by atoms with Gasteiger partial charge in [0.25, 0.3) is 5.56 Å². The number of anilines is 1. The van der Waals surface area contributed by atoms with Crippen LogP contribution in [0.1, 0.15) is 0 Å². The number of nitrogens with one attached hydrogen (secondary N) is 3. The molecule has 0 spiro atoms. The Hall–Kier alpha value is -2.78. The van der Waals surface area contributed by atoms with E-state index in [1.807, 2.05) is 10.1 Å². The Bertz CT molecular complexity index is 587. The molecule has 2 rings (SSSR count). The minimum atomic E-state index is -0.586. The van der Waals surface area contributed by atoms with Gasteiger partial charge in [0.15, 0.2) is 0 Å². The molecule has 0 saturated heterocycles. The van der Waals surface area contributed by atoms with Crippen LogP contribution < -0.4 is 22.7 Å². The fourth-order valence-electron chi connectivity index (χ4n) is 0.646. The third kappa shape index (κ3) is 3.95. The third-order valence-corrected chi connectivity index (χ3v) is 1.17. The topological polar surface area (TPSA) is 163 Å². The fraction of sp³-hybridized carbons (Fsp3) is 0. The molecule has 0 aliphatic carbocycles. The van der Waals surface area contributed by atoms with Crippen LogP contribution >= 0.6 is 0 Å². The van der Waals surface area contributed by atoms with Gasteiger partial charge in [0.2, 0.25) is 0 Å². The Morgan fingerprint density at radius 2 is 1.75 bits per heavy atom. The summed E-state index contributed by atoms with van der Waals surface area (Å²) in [6.07, 6.45) is 2.25. The summed E-state index contributed by atoms with van der Waals surface area (Å²) < 4.78 is 0. The van der Waals surface area contributed by atoms with Crippen molar-refractivity contribution in [1.29, 1.82) is 0 Å². The maximum atomic E-state index is 10.2. The van der Waals surface area contributed by atoms with Gasteiger partial charge in [-0.2, -0.15) is 15.2 Å². The molecule has 0 saturated carbocycles. The highest BCUT2D eigenvalue weighted by Gasteiger charge is 1.83. The van der Waals surface area contributed by atoms with Gasteiger partial charge in [-0.05, 0) is 0 Å². The maximum absolute atomic E-state index is 10.2. The first-order chi connectivity index (χ1) is 7.58. The minimum Gasteiger partial charge on any atom is -0.382 e. The summed E-state index contributed by atoms with van der Waals surface area (Å²) in [5, 5.41) is 10.6. The zero-order chi connectivity index (χ0) is 12.0. The summed E-state index contributed by atoms with van der Waals surface area (Å²) in [4.78, 5) is 35.7. The number of H-pyrrole nitrogens is 3. The van der Waals surface area contributed by atoms with Crippen molar-refractivity contribution in [2.45, 2.75) is 0 Å². The highest BCUT2D eigenvalue weighted by molar-refractivity contribution is 5.19. The lowest BCUT2D eigenvalue weighted by Gasteiger charge is -1.82. The van der Waals surface area contributed by atoms with Gasteiger partial charge in [-0.3, -0.25) is 9.78 Å². The monoisotopic (exact) mass is 225 g/mol. The van der Waals surface area contributed by atoms with E-state index in [-0.39, 0.29) is 5.82 Å². The summed E-state index contributed by atoms with van der Waals surface area (Å²) in [5.41, 5.74) is 3.46.